The van der Waals surface area contributed by atoms with E-state index in [2.05, 4.69) is 0 Å². The Morgan fingerprint density at radius 3 is 1.60 bits per heavy atom. The molecule has 8 rings (SSSR count). The molecule has 0 saturated carbocycles. The summed E-state index contributed by atoms with van der Waals surface area (Å²) in [6.07, 6.45) is 0. The molecule has 1 fully saturated rings. The van der Waals surface area contributed by atoms with Gasteiger partial charge < -0.3 is 0 Å². The van der Waals surface area contributed by atoms with Gasteiger partial charge in [-0.05, 0) is 58.7 Å². The third-order valence-electron chi connectivity index (χ3n) is 8.69. The first-order valence-electron chi connectivity index (χ1n) is 13.7. The minimum absolute atomic E-state index is 0.0143. The number of hydrazine groups is 1. The van der Waals surface area contributed by atoms with Gasteiger partial charge in [-0.25, -0.2) is 5.01 Å². The van der Waals surface area contributed by atoms with Crippen molar-refractivity contribution in [3.8, 4) is 0 Å². The van der Waals surface area contributed by atoms with Crippen molar-refractivity contribution in [1.29, 1.82) is 0 Å². The summed E-state index contributed by atoms with van der Waals surface area (Å²) in [6, 6.07) is 26.4. The highest BCUT2D eigenvalue weighted by atomic mass is 35.5. The van der Waals surface area contributed by atoms with Gasteiger partial charge in [-0.15, -0.1) is 0 Å². The maximum Gasteiger partial charge on any atom is 0.273 e. The van der Waals surface area contributed by atoms with Gasteiger partial charge in [0, 0.05) is 40.1 Å². The fraction of sp³-hybridized carbons (Fsp3) is 0.152. The van der Waals surface area contributed by atoms with Crippen molar-refractivity contribution in [3.63, 3.8) is 0 Å². The fourth-order valence-electron chi connectivity index (χ4n) is 6.87. The molecule has 4 aromatic rings. The van der Waals surface area contributed by atoms with Gasteiger partial charge in [0.15, 0.2) is 5.78 Å². The average molecular weight is 592 g/mol. The van der Waals surface area contributed by atoms with Crippen LogP contribution >= 0.6 is 11.6 Å². The molecular weight excluding hydrogens is 570 g/mol. The number of halogens is 1. The highest BCUT2D eigenvalue weighted by Gasteiger charge is 2.63. The van der Waals surface area contributed by atoms with Gasteiger partial charge in [0.1, 0.15) is 6.54 Å². The molecule has 1 saturated heterocycles. The number of carbonyl (C=O) groups excluding carboxylic acids is 4. The smallest absolute Gasteiger partial charge is 0.273 e. The summed E-state index contributed by atoms with van der Waals surface area (Å²) in [5, 5.41) is 13.3. The second kappa shape index (κ2) is 9.99. The summed E-state index contributed by atoms with van der Waals surface area (Å²) in [7, 11) is 0. The predicted molar refractivity (Wildman–Crippen MR) is 155 cm³/mol. The van der Waals surface area contributed by atoms with Crippen LogP contribution in [0.15, 0.2) is 97.1 Å². The van der Waals surface area contributed by atoms with Gasteiger partial charge in [-0.1, -0.05) is 60.1 Å². The summed E-state index contributed by atoms with van der Waals surface area (Å²) in [5.74, 6) is -4.77. The molecule has 10 heteroatoms. The molecule has 0 unspecified atom stereocenters. The molecule has 0 N–H and O–H groups in total. The van der Waals surface area contributed by atoms with Gasteiger partial charge >= 0.3 is 0 Å². The van der Waals surface area contributed by atoms with Crippen LogP contribution in [0, 0.1) is 22.0 Å². The van der Waals surface area contributed by atoms with Crippen LogP contribution in [0.5, 0.6) is 0 Å². The molecule has 0 radical (unpaired) electrons. The van der Waals surface area contributed by atoms with E-state index in [1.54, 1.807) is 0 Å². The van der Waals surface area contributed by atoms with Crippen molar-refractivity contribution in [3.05, 3.63) is 146 Å². The lowest BCUT2D eigenvalue weighted by Gasteiger charge is -2.45. The lowest BCUT2D eigenvalue weighted by atomic mass is 9.55. The minimum Gasteiger partial charge on any atom is -0.292 e. The first-order chi connectivity index (χ1) is 20.8. The number of benzene rings is 4. The number of rotatable bonds is 6. The van der Waals surface area contributed by atoms with Crippen LogP contribution in [0.3, 0.4) is 0 Å². The van der Waals surface area contributed by atoms with Crippen LogP contribution in [-0.4, -0.2) is 45.0 Å². The number of nitrogens with zero attached hydrogens (tertiary/aromatic N) is 3. The molecule has 4 aromatic carbocycles. The summed E-state index contributed by atoms with van der Waals surface area (Å²) >= 11 is 5.99. The van der Waals surface area contributed by atoms with Crippen molar-refractivity contribution in [2.24, 2.45) is 11.8 Å². The molecule has 0 aromatic heterocycles. The van der Waals surface area contributed by atoms with E-state index < -0.39 is 58.6 Å². The van der Waals surface area contributed by atoms with E-state index in [0.29, 0.717) is 5.02 Å². The Balaban J connectivity index is 1.32. The molecule has 1 heterocycles. The second-order valence-electron chi connectivity index (χ2n) is 10.8. The largest absolute Gasteiger partial charge is 0.292 e. The molecule has 3 aliphatic carbocycles. The summed E-state index contributed by atoms with van der Waals surface area (Å²) < 4.78 is 0. The number of hydrogen-bond donors (Lipinski definition) is 0. The number of hydrogen-bond acceptors (Lipinski definition) is 6. The minimum atomic E-state index is -0.806. The van der Waals surface area contributed by atoms with Crippen LogP contribution < -0.4 is 0 Å². The normalized spacial score (nSPS) is 21.2. The van der Waals surface area contributed by atoms with Crippen LogP contribution in [0.25, 0.3) is 0 Å². The van der Waals surface area contributed by atoms with Gasteiger partial charge in [0.25, 0.3) is 23.4 Å². The van der Waals surface area contributed by atoms with Crippen molar-refractivity contribution < 1.29 is 24.1 Å². The molecule has 0 spiro atoms. The lowest BCUT2D eigenvalue weighted by Crippen LogP contribution is -2.52. The van der Waals surface area contributed by atoms with Crippen LogP contribution in [-0.2, 0) is 9.59 Å². The zero-order valence-electron chi connectivity index (χ0n) is 22.4. The molecule has 4 aliphatic rings. The highest BCUT2D eigenvalue weighted by molar-refractivity contribution is 6.30. The SMILES string of the molecule is O=C(CN(C(=O)c1ccc([N+](=O)[O-])cc1)N1C(=O)[C@@H]2C3c4ccccc4C(c4ccccc43)[C@@H]2C1=O)c1ccc(Cl)cc1. The van der Waals surface area contributed by atoms with E-state index in [1.807, 2.05) is 48.5 Å². The molecule has 212 valence electrons. The highest BCUT2D eigenvalue weighted by Crippen LogP contribution is 2.61. The Bertz CT molecular complexity index is 1740. The molecular formula is C33H22ClN3O6. The Morgan fingerprint density at radius 1 is 0.721 bits per heavy atom. The molecule has 3 amide bonds. The second-order valence-corrected chi connectivity index (χ2v) is 11.3. The number of nitro benzene ring substituents is 1. The van der Waals surface area contributed by atoms with Gasteiger partial charge in [-0.2, -0.15) is 5.01 Å². The number of imide groups is 1. The molecule has 43 heavy (non-hydrogen) atoms. The van der Waals surface area contributed by atoms with Gasteiger partial charge in [0.2, 0.25) is 0 Å². The van der Waals surface area contributed by atoms with E-state index in [1.165, 1.54) is 36.4 Å². The topological polar surface area (TPSA) is 118 Å². The summed E-state index contributed by atoms with van der Waals surface area (Å²) in [6.45, 7) is -0.608. The maximum atomic E-state index is 14.3. The Kier molecular flexibility index (Phi) is 6.21. The Labute approximate surface area is 250 Å². The number of ketones is 1. The van der Waals surface area contributed by atoms with Gasteiger partial charge in [0.05, 0.1) is 16.8 Å². The average Bonchev–Trinajstić information content (AvgIpc) is 3.29. The van der Waals surface area contributed by atoms with Crippen LogP contribution in [0.2, 0.25) is 5.02 Å². The monoisotopic (exact) mass is 591 g/mol. The first-order valence-corrected chi connectivity index (χ1v) is 14.0. The van der Waals surface area contributed by atoms with E-state index >= 15 is 0 Å². The number of nitro groups is 1. The van der Waals surface area contributed by atoms with E-state index in [9.17, 15) is 29.3 Å². The van der Waals surface area contributed by atoms with E-state index in [4.69, 9.17) is 11.6 Å². The standard InChI is InChI=1S/C33H22ClN3O6/c34-20-13-9-18(10-14-20)26(38)17-35(31(39)19-11-15-21(16-12-19)37(42)43)36-32(40)29-27-22-5-1-2-6-23(22)28(30(29)33(36)41)25-8-4-3-7-24(25)27/h1-16,27-30H,17H2/t27?,28?,29-,30+. The fourth-order valence-corrected chi connectivity index (χ4v) is 7.00. The Hall–Kier alpha value is -5.15. The van der Waals surface area contributed by atoms with Gasteiger partial charge in [-0.3, -0.25) is 29.3 Å². The zero-order valence-corrected chi connectivity index (χ0v) is 23.2. The van der Waals surface area contributed by atoms with Crippen LogP contribution in [0.4, 0.5) is 5.69 Å². The Morgan fingerprint density at radius 2 is 1.16 bits per heavy atom. The maximum absolute atomic E-state index is 14.3. The quantitative estimate of drug-likeness (QED) is 0.129. The van der Waals surface area contributed by atoms with Crippen LogP contribution in [0.1, 0.15) is 54.8 Å². The van der Waals surface area contributed by atoms with Crippen molar-refractivity contribution in [2.45, 2.75) is 11.8 Å². The number of non-ortho nitro benzene ring substituents is 1. The summed E-state index contributed by atoms with van der Waals surface area (Å²) in [5.41, 5.74) is 3.89. The van der Waals surface area contributed by atoms with E-state index in [-0.39, 0.29) is 16.8 Å². The number of Topliss-reactive ketones (excluding diaryl/α,β-unsaturated/α-hetero) is 1. The molecule has 2 atom stereocenters. The summed E-state index contributed by atoms with van der Waals surface area (Å²) in [4.78, 5) is 66.7. The van der Waals surface area contributed by atoms with E-state index in [0.717, 1.165) is 44.4 Å². The first kappa shape index (κ1) is 26.7. The predicted octanol–water partition coefficient (Wildman–Crippen LogP) is 5.38. The molecule has 2 bridgehead atoms. The molecule has 9 nitrogen and oxygen atoms in total. The zero-order chi connectivity index (χ0) is 30.0. The number of amides is 3. The third kappa shape index (κ3) is 4.07. The third-order valence-corrected chi connectivity index (χ3v) is 8.94. The number of carbonyl (C=O) groups is 4. The lowest BCUT2D eigenvalue weighted by molar-refractivity contribution is -0.384. The van der Waals surface area contributed by atoms with Crippen molar-refractivity contribution in [1.82, 2.24) is 10.0 Å². The van der Waals surface area contributed by atoms with Crippen molar-refractivity contribution >= 4 is 40.8 Å². The molecule has 1 aliphatic heterocycles. The van der Waals surface area contributed by atoms with Crippen molar-refractivity contribution in [2.75, 3.05) is 6.54 Å².